The maximum atomic E-state index is 12.3. The summed E-state index contributed by atoms with van der Waals surface area (Å²) >= 11 is 5.97. The molecule has 0 fully saturated rings. The molecule has 1 aliphatic heterocycles. The third kappa shape index (κ3) is 8.05. The first kappa shape index (κ1) is 27.2. The molecule has 0 radical (unpaired) electrons. The van der Waals surface area contributed by atoms with Crippen LogP contribution in [0.2, 0.25) is 5.02 Å². The number of halogens is 1. The number of ether oxygens (including phenoxy) is 3. The summed E-state index contributed by atoms with van der Waals surface area (Å²) in [5.41, 5.74) is 2.92. The van der Waals surface area contributed by atoms with Gasteiger partial charge in [-0.3, -0.25) is 25.8 Å². The number of fused-ring (bicyclic) bond motifs is 1. The molecule has 0 bridgehead atoms. The summed E-state index contributed by atoms with van der Waals surface area (Å²) in [6, 6.07) is 7.27. The van der Waals surface area contributed by atoms with E-state index in [9.17, 15) is 4.79 Å². The molecule has 4 N–H and O–H groups in total. The molecule has 2 atom stereocenters. The van der Waals surface area contributed by atoms with Crippen molar-refractivity contribution in [3.63, 3.8) is 0 Å². The van der Waals surface area contributed by atoms with Gasteiger partial charge in [0.2, 0.25) is 0 Å². The van der Waals surface area contributed by atoms with Gasteiger partial charge in [0.05, 0.1) is 29.7 Å². The monoisotopic (exact) mass is 515 g/mol. The average molecular weight is 516 g/mol. The van der Waals surface area contributed by atoms with Gasteiger partial charge in [0.25, 0.3) is 0 Å². The van der Waals surface area contributed by atoms with Crippen molar-refractivity contribution in [2.24, 2.45) is 0 Å². The quantitative estimate of drug-likeness (QED) is 0.184. The van der Waals surface area contributed by atoms with Crippen molar-refractivity contribution < 1.29 is 49.5 Å². The van der Waals surface area contributed by atoms with Gasteiger partial charge in [-0.15, -0.1) is 0 Å². The van der Waals surface area contributed by atoms with Gasteiger partial charge in [-0.25, -0.2) is 14.5 Å². The number of aromatic nitrogens is 1. The number of hydrogen-bond donors (Lipinski definition) is 4. The minimum absolute atomic E-state index is 0.0197. The first-order valence-corrected chi connectivity index (χ1v) is 11.0. The van der Waals surface area contributed by atoms with Crippen LogP contribution < -0.4 is 4.74 Å². The van der Waals surface area contributed by atoms with Gasteiger partial charge in [-0.2, -0.15) is 0 Å². The highest BCUT2D eigenvalue weighted by Crippen LogP contribution is 2.41. The first-order valence-electron chi connectivity index (χ1n) is 10.6. The summed E-state index contributed by atoms with van der Waals surface area (Å²) in [6.45, 7) is 1.60. The summed E-state index contributed by atoms with van der Waals surface area (Å²) in [7, 11) is 0. The number of hydrogen-bond acceptors (Lipinski definition) is 13. The molecular weight excluding hydrogens is 490 g/mol. The van der Waals surface area contributed by atoms with E-state index in [-0.39, 0.29) is 38.1 Å². The fraction of sp³-hybridized carbons (Fsp3) is 0.429. The molecular formula is C21H26ClN3O10. The van der Waals surface area contributed by atoms with Crippen LogP contribution in [0.25, 0.3) is 0 Å². The lowest BCUT2D eigenvalue weighted by Gasteiger charge is -2.18. The van der Waals surface area contributed by atoms with Crippen molar-refractivity contribution in [3.05, 3.63) is 57.9 Å². The third-order valence-corrected chi connectivity index (χ3v) is 5.39. The van der Waals surface area contributed by atoms with Crippen LogP contribution in [0.3, 0.4) is 0 Å². The summed E-state index contributed by atoms with van der Waals surface area (Å²) in [4.78, 5) is 25.6. The molecule has 2 unspecified atom stereocenters. The molecule has 14 heteroatoms. The van der Waals surface area contributed by atoms with Gasteiger partial charge in [0, 0.05) is 22.3 Å². The van der Waals surface area contributed by atoms with Crippen LogP contribution in [-0.4, -0.2) is 62.1 Å². The van der Waals surface area contributed by atoms with E-state index in [2.05, 4.69) is 14.7 Å². The Morgan fingerprint density at radius 2 is 1.94 bits per heavy atom. The Bertz CT molecular complexity index is 977. The summed E-state index contributed by atoms with van der Waals surface area (Å²) in [5.74, 6) is 0.290. The van der Waals surface area contributed by atoms with Crippen LogP contribution in [-0.2, 0) is 25.8 Å². The fourth-order valence-corrected chi connectivity index (χ4v) is 3.65. The molecule has 1 aromatic carbocycles. The fourth-order valence-electron chi connectivity index (χ4n) is 3.52. The van der Waals surface area contributed by atoms with E-state index in [1.54, 1.807) is 25.3 Å². The van der Waals surface area contributed by atoms with E-state index in [0.29, 0.717) is 29.1 Å². The van der Waals surface area contributed by atoms with Crippen molar-refractivity contribution in [1.82, 2.24) is 15.8 Å². The topological polar surface area (TPSA) is 164 Å². The highest BCUT2D eigenvalue weighted by atomic mass is 35.5. The number of benzene rings is 1. The molecule has 1 aliphatic rings. The predicted molar refractivity (Wildman–Crippen MR) is 115 cm³/mol. The SMILES string of the molecule is Cc1ncc2c(c1OC(=O)OCCCCC(CON(O)O)ON(O)O)COC2c1ccc(Cl)cc1. The molecule has 1 aromatic heterocycles. The van der Waals surface area contributed by atoms with Gasteiger partial charge >= 0.3 is 6.16 Å². The molecule has 0 aliphatic carbocycles. The van der Waals surface area contributed by atoms with Crippen LogP contribution in [0.4, 0.5) is 4.79 Å². The Balaban J connectivity index is 1.50. The lowest BCUT2D eigenvalue weighted by atomic mass is 10.0. The van der Waals surface area contributed by atoms with Gasteiger partial charge < -0.3 is 14.2 Å². The highest BCUT2D eigenvalue weighted by Gasteiger charge is 2.30. The number of carbonyl (C=O) groups is 1. The summed E-state index contributed by atoms with van der Waals surface area (Å²) < 4.78 is 16.5. The zero-order valence-electron chi connectivity index (χ0n) is 18.7. The molecule has 2 heterocycles. The van der Waals surface area contributed by atoms with Gasteiger partial charge in [-0.1, -0.05) is 23.7 Å². The first-order chi connectivity index (χ1) is 16.7. The molecule has 0 spiro atoms. The lowest BCUT2D eigenvalue weighted by molar-refractivity contribution is -0.527. The average Bonchev–Trinajstić information content (AvgIpc) is 3.23. The van der Waals surface area contributed by atoms with Crippen LogP contribution in [0, 0.1) is 6.92 Å². The maximum Gasteiger partial charge on any atom is 0.513 e. The van der Waals surface area contributed by atoms with Crippen molar-refractivity contribution in [3.8, 4) is 5.75 Å². The Kier molecular flexibility index (Phi) is 10.1. The Morgan fingerprint density at radius 3 is 2.63 bits per heavy atom. The molecule has 3 rings (SSSR count). The van der Waals surface area contributed by atoms with Gasteiger partial charge in [0.15, 0.2) is 5.75 Å². The van der Waals surface area contributed by atoms with Crippen LogP contribution in [0.5, 0.6) is 5.75 Å². The van der Waals surface area contributed by atoms with E-state index in [4.69, 9.17) is 46.6 Å². The van der Waals surface area contributed by atoms with E-state index in [1.807, 2.05) is 12.1 Å². The third-order valence-electron chi connectivity index (χ3n) is 5.14. The van der Waals surface area contributed by atoms with Gasteiger partial charge in [-0.05, 0) is 43.9 Å². The van der Waals surface area contributed by atoms with Crippen molar-refractivity contribution in [1.29, 1.82) is 0 Å². The van der Waals surface area contributed by atoms with Crippen molar-refractivity contribution >= 4 is 17.8 Å². The second-order valence-electron chi connectivity index (χ2n) is 7.57. The second-order valence-corrected chi connectivity index (χ2v) is 8.01. The maximum absolute atomic E-state index is 12.3. The van der Waals surface area contributed by atoms with E-state index >= 15 is 0 Å². The molecule has 0 amide bonds. The number of carbonyl (C=O) groups excluding carboxylic acids is 1. The number of aryl methyl sites for hydroxylation is 1. The standard InChI is InChI=1S/C21H26ClN3O10/c1-13-19(18-12-32-20(17(18)10-23-13)14-5-7-15(22)8-6-14)34-21(26)31-9-3-2-4-16(35-25(29)30)11-33-24(27)28/h5-8,10,16,20,27-30H,2-4,9,11-12H2,1H3. The van der Waals surface area contributed by atoms with E-state index in [1.165, 1.54) is 0 Å². The van der Waals surface area contributed by atoms with E-state index in [0.717, 1.165) is 11.1 Å². The molecule has 2 aromatic rings. The minimum atomic E-state index is -0.909. The van der Waals surface area contributed by atoms with Crippen LogP contribution in [0.1, 0.15) is 47.8 Å². The van der Waals surface area contributed by atoms with E-state index < -0.39 is 23.0 Å². The highest BCUT2D eigenvalue weighted by molar-refractivity contribution is 6.30. The summed E-state index contributed by atoms with van der Waals surface area (Å²) in [6.07, 6.45) is 0.566. The van der Waals surface area contributed by atoms with Crippen LogP contribution >= 0.6 is 11.6 Å². The number of rotatable bonds is 12. The second kappa shape index (κ2) is 13.0. The molecule has 35 heavy (non-hydrogen) atoms. The normalized spacial score (nSPS) is 15.9. The zero-order valence-corrected chi connectivity index (χ0v) is 19.5. The summed E-state index contributed by atoms with van der Waals surface area (Å²) in [5, 5.41) is 34.2. The zero-order chi connectivity index (χ0) is 25.4. The molecule has 13 nitrogen and oxygen atoms in total. The minimum Gasteiger partial charge on any atom is -0.434 e. The molecule has 0 saturated heterocycles. The number of pyridine rings is 1. The van der Waals surface area contributed by atoms with Crippen molar-refractivity contribution in [2.45, 2.75) is 45.0 Å². The van der Waals surface area contributed by atoms with Gasteiger partial charge in [0.1, 0.15) is 18.8 Å². The van der Waals surface area contributed by atoms with Crippen LogP contribution in [0.15, 0.2) is 30.5 Å². The smallest absolute Gasteiger partial charge is 0.434 e. The Hall–Kier alpha value is -2.43. The molecule has 192 valence electrons. The Morgan fingerprint density at radius 1 is 1.20 bits per heavy atom. The number of unbranched alkanes of at least 4 members (excludes halogenated alkanes) is 1. The molecule has 0 saturated carbocycles. The number of nitrogens with zero attached hydrogens (tertiary/aromatic N) is 3. The predicted octanol–water partition coefficient (Wildman–Crippen LogP) is 3.74. The lowest BCUT2D eigenvalue weighted by Crippen LogP contribution is -2.31. The Labute approximate surface area is 205 Å². The van der Waals surface area contributed by atoms with Crippen molar-refractivity contribution in [2.75, 3.05) is 13.2 Å². The largest absolute Gasteiger partial charge is 0.513 e.